The summed E-state index contributed by atoms with van der Waals surface area (Å²) in [5, 5.41) is 10.8. The maximum Gasteiger partial charge on any atom is 0.293 e. The fourth-order valence-corrected chi connectivity index (χ4v) is 4.58. The Kier molecular flexibility index (Phi) is 5.04. The van der Waals surface area contributed by atoms with E-state index in [1.54, 1.807) is 24.3 Å². The smallest absolute Gasteiger partial charge is 0.293 e. The number of rotatable bonds is 4. The summed E-state index contributed by atoms with van der Waals surface area (Å²) in [7, 11) is 0. The minimum atomic E-state index is -0.460. The van der Waals surface area contributed by atoms with Crippen LogP contribution in [0.3, 0.4) is 0 Å². The number of amides is 2. The van der Waals surface area contributed by atoms with Crippen LogP contribution in [0.1, 0.15) is 37.9 Å². The number of non-ortho nitro benzene ring substituents is 1. The third kappa shape index (κ3) is 3.47. The Balaban J connectivity index is 1.63. The lowest BCUT2D eigenvalue weighted by Gasteiger charge is -2.28. The molecule has 0 unspecified atom stereocenters. The number of carbonyl (C=O) groups excluding carboxylic acids is 2. The standard InChI is InChI=1S/C20H18N2O5S/c23-19-18(28-20(24)21(19)14-6-2-1-3-7-14)12-17-16(9-10-27-17)13-5-4-8-15(11-13)22(25)26/h4-5,8-12,14H,1-3,6-7H2. The summed E-state index contributed by atoms with van der Waals surface area (Å²) < 4.78 is 5.50. The first-order valence-corrected chi connectivity index (χ1v) is 9.95. The van der Waals surface area contributed by atoms with Crippen LogP contribution >= 0.6 is 11.8 Å². The highest BCUT2D eigenvalue weighted by Crippen LogP contribution is 2.38. The summed E-state index contributed by atoms with van der Waals surface area (Å²) in [6, 6.07) is 7.87. The molecule has 1 aliphatic carbocycles. The normalized spacial score (nSPS) is 19.6. The second kappa shape index (κ2) is 7.63. The van der Waals surface area contributed by atoms with E-state index < -0.39 is 4.92 Å². The van der Waals surface area contributed by atoms with E-state index in [9.17, 15) is 19.7 Å². The Bertz CT molecular complexity index is 974. The van der Waals surface area contributed by atoms with E-state index in [0.29, 0.717) is 21.8 Å². The first-order chi connectivity index (χ1) is 13.5. The van der Waals surface area contributed by atoms with Crippen molar-refractivity contribution in [2.45, 2.75) is 38.1 Å². The first kappa shape index (κ1) is 18.5. The molecule has 2 amide bonds. The SMILES string of the molecule is O=C1SC(=Cc2occc2-c2cccc([N+](=O)[O-])c2)C(=O)N1C1CCCCC1. The number of carbonyl (C=O) groups is 2. The molecule has 1 saturated heterocycles. The van der Waals surface area contributed by atoms with E-state index in [2.05, 4.69) is 0 Å². The van der Waals surface area contributed by atoms with Gasteiger partial charge in [-0.05, 0) is 36.2 Å². The Morgan fingerprint density at radius 1 is 1.18 bits per heavy atom. The molecule has 2 fully saturated rings. The number of nitro benzene ring substituents is 1. The molecule has 1 aromatic carbocycles. The summed E-state index contributed by atoms with van der Waals surface area (Å²) in [6.45, 7) is 0. The second-order valence-electron chi connectivity index (χ2n) is 6.85. The van der Waals surface area contributed by atoms with Crippen molar-refractivity contribution in [2.24, 2.45) is 0 Å². The van der Waals surface area contributed by atoms with Gasteiger partial charge in [0.1, 0.15) is 5.76 Å². The zero-order valence-corrected chi connectivity index (χ0v) is 15.8. The maximum atomic E-state index is 12.8. The highest BCUT2D eigenvalue weighted by molar-refractivity contribution is 8.18. The molecule has 0 radical (unpaired) electrons. The lowest BCUT2D eigenvalue weighted by molar-refractivity contribution is -0.384. The van der Waals surface area contributed by atoms with Crippen LogP contribution in [0.5, 0.6) is 0 Å². The van der Waals surface area contributed by atoms with Gasteiger partial charge in [-0.3, -0.25) is 24.6 Å². The maximum absolute atomic E-state index is 12.8. The van der Waals surface area contributed by atoms with Crippen molar-refractivity contribution in [3.8, 4) is 11.1 Å². The van der Waals surface area contributed by atoms with Gasteiger partial charge in [-0.15, -0.1) is 0 Å². The number of furan rings is 1. The van der Waals surface area contributed by atoms with Gasteiger partial charge in [-0.2, -0.15) is 0 Å². The van der Waals surface area contributed by atoms with Crippen molar-refractivity contribution >= 4 is 34.7 Å². The van der Waals surface area contributed by atoms with E-state index in [0.717, 1.165) is 43.9 Å². The number of imide groups is 1. The molecule has 2 aromatic rings. The molecule has 144 valence electrons. The Morgan fingerprint density at radius 3 is 2.71 bits per heavy atom. The van der Waals surface area contributed by atoms with Crippen LogP contribution in [0, 0.1) is 10.1 Å². The molecule has 2 heterocycles. The zero-order valence-electron chi connectivity index (χ0n) is 15.0. The molecule has 2 aliphatic rings. The van der Waals surface area contributed by atoms with Crippen LogP contribution in [0.2, 0.25) is 0 Å². The average Bonchev–Trinajstić information content (AvgIpc) is 3.27. The molecular weight excluding hydrogens is 380 g/mol. The quantitative estimate of drug-likeness (QED) is 0.398. The first-order valence-electron chi connectivity index (χ1n) is 9.14. The Labute approximate surface area is 165 Å². The number of hydrogen-bond acceptors (Lipinski definition) is 6. The Morgan fingerprint density at radius 2 is 1.96 bits per heavy atom. The van der Waals surface area contributed by atoms with Crippen molar-refractivity contribution in [1.82, 2.24) is 4.90 Å². The van der Waals surface area contributed by atoms with Crippen LogP contribution in [-0.2, 0) is 4.79 Å². The van der Waals surface area contributed by atoms with Crippen LogP contribution < -0.4 is 0 Å². The van der Waals surface area contributed by atoms with Gasteiger partial charge in [0.25, 0.3) is 16.8 Å². The molecule has 28 heavy (non-hydrogen) atoms. The number of thioether (sulfide) groups is 1. The van der Waals surface area contributed by atoms with E-state index in [1.807, 2.05) is 0 Å². The minimum Gasteiger partial charge on any atom is -0.464 e. The average molecular weight is 398 g/mol. The van der Waals surface area contributed by atoms with E-state index >= 15 is 0 Å². The predicted octanol–water partition coefficient (Wildman–Crippen LogP) is 5.22. The number of nitrogens with zero attached hydrogens (tertiary/aromatic N) is 2. The molecule has 8 heteroatoms. The zero-order chi connectivity index (χ0) is 19.7. The van der Waals surface area contributed by atoms with Gasteiger partial charge in [-0.25, -0.2) is 0 Å². The topological polar surface area (TPSA) is 93.7 Å². The van der Waals surface area contributed by atoms with Crippen LogP contribution in [0.4, 0.5) is 10.5 Å². The van der Waals surface area contributed by atoms with Crippen molar-refractivity contribution in [2.75, 3.05) is 0 Å². The number of hydrogen-bond donors (Lipinski definition) is 0. The summed E-state index contributed by atoms with van der Waals surface area (Å²) in [5.41, 5.74) is 1.22. The molecular formula is C20H18N2O5S. The third-order valence-electron chi connectivity index (χ3n) is 5.09. The summed E-state index contributed by atoms with van der Waals surface area (Å²) >= 11 is 0.916. The van der Waals surface area contributed by atoms with Crippen LogP contribution in [0.15, 0.2) is 45.9 Å². The fraction of sp³-hybridized carbons (Fsp3) is 0.300. The largest absolute Gasteiger partial charge is 0.464 e. The monoisotopic (exact) mass is 398 g/mol. The van der Waals surface area contributed by atoms with Crippen molar-refractivity contribution in [3.63, 3.8) is 0 Å². The van der Waals surface area contributed by atoms with E-state index in [1.165, 1.54) is 23.3 Å². The van der Waals surface area contributed by atoms with Gasteiger partial charge in [0, 0.05) is 29.8 Å². The molecule has 0 bridgehead atoms. The highest BCUT2D eigenvalue weighted by Gasteiger charge is 2.40. The van der Waals surface area contributed by atoms with Crippen molar-refractivity contribution < 1.29 is 18.9 Å². The van der Waals surface area contributed by atoms with Crippen molar-refractivity contribution in [3.05, 3.63) is 57.4 Å². The van der Waals surface area contributed by atoms with Gasteiger partial charge in [0.2, 0.25) is 0 Å². The lowest BCUT2D eigenvalue weighted by Crippen LogP contribution is -2.39. The van der Waals surface area contributed by atoms with Crippen LogP contribution in [-0.4, -0.2) is 27.0 Å². The predicted molar refractivity (Wildman–Crippen MR) is 105 cm³/mol. The van der Waals surface area contributed by atoms with Crippen molar-refractivity contribution in [1.29, 1.82) is 0 Å². The molecule has 0 atom stereocenters. The molecule has 1 aliphatic heterocycles. The summed E-state index contributed by atoms with van der Waals surface area (Å²) in [4.78, 5) is 37.5. The van der Waals surface area contributed by atoms with Crippen LogP contribution in [0.25, 0.3) is 17.2 Å². The van der Waals surface area contributed by atoms with Gasteiger partial charge in [0.15, 0.2) is 0 Å². The summed E-state index contributed by atoms with van der Waals surface area (Å²) in [6.07, 6.45) is 7.92. The number of benzene rings is 1. The molecule has 1 aromatic heterocycles. The van der Waals surface area contributed by atoms with Gasteiger partial charge in [-0.1, -0.05) is 31.4 Å². The molecule has 1 saturated carbocycles. The highest BCUT2D eigenvalue weighted by atomic mass is 32.2. The van der Waals surface area contributed by atoms with Gasteiger partial charge in [0.05, 0.1) is 16.1 Å². The minimum absolute atomic E-state index is 0.0257. The second-order valence-corrected chi connectivity index (χ2v) is 7.84. The molecule has 4 rings (SSSR count). The molecule has 0 N–H and O–H groups in total. The molecule has 0 spiro atoms. The van der Waals surface area contributed by atoms with E-state index in [4.69, 9.17) is 4.42 Å². The number of nitro groups is 1. The summed E-state index contributed by atoms with van der Waals surface area (Å²) in [5.74, 6) is 0.109. The lowest BCUT2D eigenvalue weighted by atomic mass is 9.94. The van der Waals surface area contributed by atoms with Gasteiger partial charge >= 0.3 is 0 Å². The van der Waals surface area contributed by atoms with E-state index in [-0.39, 0.29) is 22.9 Å². The third-order valence-corrected chi connectivity index (χ3v) is 5.97. The van der Waals surface area contributed by atoms with Gasteiger partial charge < -0.3 is 4.42 Å². The molecule has 7 nitrogen and oxygen atoms in total. The fourth-order valence-electron chi connectivity index (χ4n) is 3.71. The Hall–Kier alpha value is -2.87.